The Morgan fingerprint density at radius 1 is 0.448 bits per heavy atom. The maximum absolute atomic E-state index is 12.9. The molecular weight excluding hydrogens is 360 g/mol. The van der Waals surface area contributed by atoms with Gasteiger partial charge in [0.25, 0.3) is 0 Å². The fourth-order valence-corrected chi connectivity index (χ4v) is 4.42. The summed E-state index contributed by atoms with van der Waals surface area (Å²) in [5.74, 6) is -1.24. The van der Waals surface area contributed by atoms with Gasteiger partial charge in [-0.05, 0) is 45.5 Å². The van der Waals surface area contributed by atoms with Gasteiger partial charge in [0.2, 0.25) is 0 Å². The minimum absolute atomic E-state index is 0.421. The number of esters is 2. The molecule has 4 aromatic rings. The van der Waals surface area contributed by atoms with Crippen molar-refractivity contribution in [3.8, 4) is 44.5 Å². The minimum Gasteiger partial charge on any atom is -0.386 e. The number of hydrogen-bond acceptors (Lipinski definition) is 3. The van der Waals surface area contributed by atoms with Gasteiger partial charge in [-0.25, -0.2) is 9.59 Å². The third-order valence-corrected chi connectivity index (χ3v) is 5.73. The maximum Gasteiger partial charge on any atom is 0.346 e. The Hall–Kier alpha value is -3.98. The van der Waals surface area contributed by atoms with Crippen LogP contribution in [-0.4, -0.2) is 11.9 Å². The Bertz CT molecular complexity index is 1260. The standard InChI is InChI=1S/C26H14O3/c27-25(21-13-5-11-19-15-7-1-3-9-17(15)23(19)21)29-26(28)22-14-6-12-20-16-8-2-4-10-18(16)24(20)22/h1-14H. The molecule has 0 aliphatic heterocycles. The number of carbonyl (C=O) groups excluding carboxylic acids is 2. The zero-order chi connectivity index (χ0) is 19.5. The Balaban J connectivity index is 1.33. The van der Waals surface area contributed by atoms with Gasteiger partial charge in [-0.1, -0.05) is 72.8 Å². The zero-order valence-electron chi connectivity index (χ0n) is 15.3. The molecule has 2 aliphatic rings. The minimum atomic E-state index is -0.619. The van der Waals surface area contributed by atoms with E-state index in [2.05, 4.69) is 0 Å². The molecule has 0 radical (unpaired) electrons. The molecule has 0 fully saturated rings. The summed E-state index contributed by atoms with van der Waals surface area (Å²) < 4.78 is 5.31. The lowest BCUT2D eigenvalue weighted by Crippen LogP contribution is -2.17. The number of hydrogen-bond donors (Lipinski definition) is 0. The van der Waals surface area contributed by atoms with Gasteiger partial charge in [-0.2, -0.15) is 0 Å². The predicted molar refractivity (Wildman–Crippen MR) is 111 cm³/mol. The highest BCUT2D eigenvalue weighted by Crippen LogP contribution is 2.50. The average molecular weight is 374 g/mol. The normalized spacial score (nSPS) is 11.7. The molecule has 0 amide bonds. The first-order chi connectivity index (χ1) is 14.2. The predicted octanol–water partition coefficient (Wildman–Crippen LogP) is 5.98. The summed E-state index contributed by atoms with van der Waals surface area (Å²) in [6.45, 7) is 0. The second-order valence-corrected chi connectivity index (χ2v) is 7.22. The molecule has 0 bridgehead atoms. The number of carbonyl (C=O) groups is 2. The molecule has 0 saturated heterocycles. The van der Waals surface area contributed by atoms with Crippen LogP contribution in [0, 0.1) is 0 Å². The van der Waals surface area contributed by atoms with Gasteiger partial charge >= 0.3 is 11.9 Å². The van der Waals surface area contributed by atoms with Crippen molar-refractivity contribution in [1.29, 1.82) is 0 Å². The van der Waals surface area contributed by atoms with Crippen LogP contribution >= 0.6 is 0 Å². The van der Waals surface area contributed by atoms with Crippen molar-refractivity contribution in [3.63, 3.8) is 0 Å². The van der Waals surface area contributed by atoms with Gasteiger partial charge in [-0.3, -0.25) is 0 Å². The van der Waals surface area contributed by atoms with E-state index in [-0.39, 0.29) is 0 Å². The zero-order valence-corrected chi connectivity index (χ0v) is 15.3. The van der Waals surface area contributed by atoms with Gasteiger partial charge in [0.15, 0.2) is 0 Å². The molecule has 136 valence electrons. The Labute approximate surface area is 167 Å². The van der Waals surface area contributed by atoms with Crippen molar-refractivity contribution >= 4 is 11.9 Å². The number of benzene rings is 4. The van der Waals surface area contributed by atoms with Crippen LogP contribution in [0.5, 0.6) is 0 Å². The van der Waals surface area contributed by atoms with Gasteiger partial charge < -0.3 is 4.74 Å². The molecule has 0 saturated carbocycles. The molecule has 0 spiro atoms. The largest absolute Gasteiger partial charge is 0.386 e. The van der Waals surface area contributed by atoms with Gasteiger partial charge in [0, 0.05) is 11.1 Å². The van der Waals surface area contributed by atoms with Crippen LogP contribution in [0.15, 0.2) is 84.9 Å². The summed E-state index contributed by atoms with van der Waals surface area (Å²) in [6, 6.07) is 26.9. The molecule has 3 nitrogen and oxygen atoms in total. The van der Waals surface area contributed by atoms with Crippen molar-refractivity contribution < 1.29 is 14.3 Å². The van der Waals surface area contributed by atoms with E-state index in [1.165, 1.54) is 0 Å². The van der Waals surface area contributed by atoms with E-state index in [0.717, 1.165) is 44.5 Å². The third-order valence-electron chi connectivity index (χ3n) is 5.73. The second kappa shape index (κ2) is 5.76. The molecule has 0 heterocycles. The SMILES string of the molecule is O=C(OC(=O)c1cccc2c1-c1ccccc1-2)c1cccc2c1-c1ccccc1-2. The van der Waals surface area contributed by atoms with Gasteiger partial charge in [0.1, 0.15) is 0 Å². The monoisotopic (exact) mass is 374 g/mol. The number of rotatable bonds is 2. The maximum atomic E-state index is 12.9. The topological polar surface area (TPSA) is 43.4 Å². The molecule has 6 rings (SSSR count). The van der Waals surface area contributed by atoms with Gasteiger partial charge in [-0.15, -0.1) is 0 Å². The lowest BCUT2D eigenvalue weighted by atomic mass is 9.78. The Kier molecular flexibility index (Phi) is 3.18. The summed E-state index contributed by atoms with van der Waals surface area (Å²) in [7, 11) is 0. The van der Waals surface area contributed by atoms with E-state index in [9.17, 15) is 9.59 Å². The Morgan fingerprint density at radius 2 is 0.828 bits per heavy atom. The first-order valence-corrected chi connectivity index (χ1v) is 9.46. The molecule has 4 aromatic carbocycles. The third kappa shape index (κ3) is 2.13. The number of fused-ring (bicyclic) bond motifs is 8. The summed E-state index contributed by atoms with van der Waals surface area (Å²) in [5.41, 5.74) is 8.84. The number of ether oxygens (including phenoxy) is 1. The van der Waals surface area contributed by atoms with Gasteiger partial charge in [0.05, 0.1) is 11.1 Å². The van der Waals surface area contributed by atoms with Crippen molar-refractivity contribution in [2.45, 2.75) is 0 Å². The Morgan fingerprint density at radius 3 is 1.28 bits per heavy atom. The lowest BCUT2D eigenvalue weighted by Gasteiger charge is -2.26. The molecule has 0 atom stereocenters. The van der Waals surface area contributed by atoms with Crippen molar-refractivity contribution in [1.82, 2.24) is 0 Å². The second-order valence-electron chi connectivity index (χ2n) is 7.22. The van der Waals surface area contributed by atoms with E-state index >= 15 is 0 Å². The molecule has 2 aliphatic carbocycles. The van der Waals surface area contributed by atoms with Crippen LogP contribution in [0.4, 0.5) is 0 Å². The van der Waals surface area contributed by atoms with E-state index < -0.39 is 11.9 Å². The van der Waals surface area contributed by atoms with E-state index in [4.69, 9.17) is 4.74 Å². The summed E-state index contributed by atoms with van der Waals surface area (Å²) >= 11 is 0. The van der Waals surface area contributed by atoms with E-state index in [1.54, 1.807) is 12.1 Å². The summed E-state index contributed by atoms with van der Waals surface area (Å²) in [5, 5.41) is 0. The lowest BCUT2D eigenvalue weighted by molar-refractivity contribution is 0.0399. The molecule has 0 aromatic heterocycles. The highest BCUT2D eigenvalue weighted by atomic mass is 16.6. The van der Waals surface area contributed by atoms with Crippen LogP contribution in [0.25, 0.3) is 44.5 Å². The fraction of sp³-hybridized carbons (Fsp3) is 0. The molecule has 3 heteroatoms. The summed E-state index contributed by atoms with van der Waals surface area (Å²) in [4.78, 5) is 25.7. The van der Waals surface area contributed by atoms with Crippen LogP contribution in [0.3, 0.4) is 0 Å². The summed E-state index contributed by atoms with van der Waals surface area (Å²) in [6.07, 6.45) is 0. The van der Waals surface area contributed by atoms with Crippen LogP contribution < -0.4 is 0 Å². The van der Waals surface area contributed by atoms with E-state index in [0.29, 0.717) is 11.1 Å². The smallest absolute Gasteiger partial charge is 0.346 e. The first-order valence-electron chi connectivity index (χ1n) is 9.46. The highest BCUT2D eigenvalue weighted by molar-refractivity contribution is 6.17. The fourth-order valence-electron chi connectivity index (χ4n) is 4.42. The molecule has 29 heavy (non-hydrogen) atoms. The molecular formula is C26H14O3. The van der Waals surface area contributed by atoms with E-state index in [1.807, 2.05) is 72.8 Å². The molecule has 0 N–H and O–H groups in total. The average Bonchev–Trinajstić information content (AvgIpc) is 2.74. The molecule has 0 unspecified atom stereocenters. The first kappa shape index (κ1) is 16.0. The van der Waals surface area contributed by atoms with Crippen molar-refractivity contribution in [3.05, 3.63) is 96.1 Å². The highest BCUT2D eigenvalue weighted by Gasteiger charge is 2.31. The quantitative estimate of drug-likeness (QED) is 0.277. The van der Waals surface area contributed by atoms with Crippen LogP contribution in [0.1, 0.15) is 20.7 Å². The van der Waals surface area contributed by atoms with Crippen LogP contribution in [0.2, 0.25) is 0 Å². The van der Waals surface area contributed by atoms with Crippen molar-refractivity contribution in [2.75, 3.05) is 0 Å². The van der Waals surface area contributed by atoms with Crippen molar-refractivity contribution in [2.24, 2.45) is 0 Å². The van der Waals surface area contributed by atoms with Crippen LogP contribution in [-0.2, 0) is 4.74 Å².